The number of aliphatic hydroxyl groups is 1. The third-order valence-corrected chi connectivity index (χ3v) is 6.20. The van der Waals surface area contributed by atoms with Crippen LogP contribution in [0.25, 0.3) is 0 Å². The molecule has 14 heteroatoms. The zero-order valence-corrected chi connectivity index (χ0v) is 24.2. The van der Waals surface area contributed by atoms with Crippen LogP contribution >= 0.6 is 0 Å². The van der Waals surface area contributed by atoms with Crippen LogP contribution in [0.1, 0.15) is 73.6 Å². The first-order chi connectivity index (χ1) is 18.5. The van der Waals surface area contributed by atoms with Crippen LogP contribution in [-0.2, 0) is 28.8 Å². The van der Waals surface area contributed by atoms with Crippen LogP contribution in [0.2, 0.25) is 0 Å². The third kappa shape index (κ3) is 14.2. The minimum atomic E-state index is -1.48. The highest BCUT2D eigenvalue weighted by atomic mass is 16.4. The molecular formula is C26H47N5O9. The number of carboxylic acids is 2. The lowest BCUT2D eigenvalue weighted by atomic mass is 9.96. The summed E-state index contributed by atoms with van der Waals surface area (Å²) in [4.78, 5) is 74.1. The van der Waals surface area contributed by atoms with Crippen LogP contribution in [0.15, 0.2) is 0 Å². The SMILES string of the molecule is CC[C@H](C)[C@H](NC(=O)[C@H](CC(C)C)NC(=O)[C@@H](N)CC(=O)O)C(=O)N[C@@H](CC(=O)O)C(=O)N[C@H](CO)CC(C)C. The van der Waals surface area contributed by atoms with E-state index in [1.165, 1.54) is 0 Å². The van der Waals surface area contributed by atoms with Crippen LogP contribution < -0.4 is 27.0 Å². The smallest absolute Gasteiger partial charge is 0.305 e. The van der Waals surface area contributed by atoms with Gasteiger partial charge in [0.2, 0.25) is 23.6 Å². The Morgan fingerprint density at radius 2 is 1.18 bits per heavy atom. The zero-order valence-electron chi connectivity index (χ0n) is 24.2. The normalized spacial score (nSPS) is 15.8. The van der Waals surface area contributed by atoms with E-state index in [4.69, 9.17) is 10.8 Å². The van der Waals surface area contributed by atoms with Crippen molar-refractivity contribution in [2.45, 2.75) is 104 Å². The summed E-state index contributed by atoms with van der Waals surface area (Å²) < 4.78 is 0. The molecule has 0 radical (unpaired) electrons. The van der Waals surface area contributed by atoms with E-state index in [1.54, 1.807) is 27.7 Å². The highest BCUT2D eigenvalue weighted by Gasteiger charge is 2.34. The molecule has 0 aromatic carbocycles. The maximum Gasteiger partial charge on any atom is 0.305 e. The van der Waals surface area contributed by atoms with Crippen LogP contribution in [0.4, 0.5) is 0 Å². The van der Waals surface area contributed by atoms with Crippen LogP contribution in [0, 0.1) is 17.8 Å². The Kier molecular flexibility index (Phi) is 16.7. The van der Waals surface area contributed by atoms with E-state index in [1.807, 2.05) is 13.8 Å². The van der Waals surface area contributed by atoms with Gasteiger partial charge in [0.25, 0.3) is 0 Å². The third-order valence-electron chi connectivity index (χ3n) is 6.20. The fourth-order valence-corrected chi connectivity index (χ4v) is 3.91. The van der Waals surface area contributed by atoms with E-state index < -0.39 is 84.5 Å². The van der Waals surface area contributed by atoms with Gasteiger partial charge in [0.15, 0.2) is 0 Å². The molecule has 0 aliphatic heterocycles. The van der Waals surface area contributed by atoms with E-state index >= 15 is 0 Å². The second-order valence-corrected chi connectivity index (χ2v) is 10.9. The number of amides is 4. The number of nitrogens with one attached hydrogen (secondary N) is 4. The highest BCUT2D eigenvalue weighted by Crippen LogP contribution is 2.12. The van der Waals surface area contributed by atoms with Gasteiger partial charge in [-0.15, -0.1) is 0 Å². The quantitative estimate of drug-likeness (QED) is 0.0970. The average molecular weight is 574 g/mol. The summed E-state index contributed by atoms with van der Waals surface area (Å²) >= 11 is 0. The van der Waals surface area contributed by atoms with Gasteiger partial charge >= 0.3 is 11.9 Å². The monoisotopic (exact) mass is 573 g/mol. The van der Waals surface area contributed by atoms with E-state index in [0.717, 1.165) is 0 Å². The summed E-state index contributed by atoms with van der Waals surface area (Å²) in [6, 6.07) is -5.83. The van der Waals surface area contributed by atoms with Crippen molar-refractivity contribution in [1.82, 2.24) is 21.3 Å². The Balaban J connectivity index is 5.84. The van der Waals surface area contributed by atoms with E-state index in [9.17, 15) is 39.0 Å². The summed E-state index contributed by atoms with van der Waals surface area (Å²) in [6.07, 6.45) is -0.345. The topological polar surface area (TPSA) is 237 Å². The second kappa shape index (κ2) is 18.2. The molecule has 0 fully saturated rings. The number of carbonyl (C=O) groups is 6. The van der Waals surface area contributed by atoms with Crippen molar-refractivity contribution >= 4 is 35.6 Å². The van der Waals surface area contributed by atoms with Crippen molar-refractivity contribution < 1.29 is 44.1 Å². The van der Waals surface area contributed by atoms with E-state index in [2.05, 4.69) is 21.3 Å². The summed E-state index contributed by atoms with van der Waals surface area (Å²) in [5.74, 6) is -6.17. The van der Waals surface area contributed by atoms with Crippen molar-refractivity contribution in [3.05, 3.63) is 0 Å². The average Bonchev–Trinajstić information content (AvgIpc) is 2.83. The Bertz CT molecular complexity index is 881. The molecule has 4 amide bonds. The Hall–Kier alpha value is -3.26. The fraction of sp³-hybridized carbons (Fsp3) is 0.769. The molecule has 14 nitrogen and oxygen atoms in total. The van der Waals surface area contributed by atoms with Gasteiger partial charge in [-0.2, -0.15) is 0 Å². The van der Waals surface area contributed by atoms with Crippen LogP contribution in [0.3, 0.4) is 0 Å². The molecule has 0 aromatic rings. The molecule has 0 saturated heterocycles. The van der Waals surface area contributed by atoms with Crippen molar-refractivity contribution in [2.24, 2.45) is 23.5 Å². The first kappa shape index (κ1) is 36.7. The fourth-order valence-electron chi connectivity index (χ4n) is 3.91. The number of aliphatic hydroxyl groups excluding tert-OH is 1. The molecule has 230 valence electrons. The van der Waals surface area contributed by atoms with Crippen molar-refractivity contribution in [2.75, 3.05) is 6.61 Å². The predicted molar refractivity (Wildman–Crippen MR) is 146 cm³/mol. The Labute approximate surface area is 235 Å². The molecule has 0 bridgehead atoms. The van der Waals surface area contributed by atoms with Gasteiger partial charge in [0.1, 0.15) is 18.1 Å². The minimum absolute atomic E-state index is 0.0726. The molecule has 6 atom stereocenters. The molecule has 9 N–H and O–H groups in total. The molecule has 0 rings (SSSR count). The summed E-state index contributed by atoms with van der Waals surface area (Å²) in [5, 5.41) is 37.8. The lowest BCUT2D eigenvalue weighted by Crippen LogP contribution is -2.60. The number of carbonyl (C=O) groups excluding carboxylic acids is 4. The van der Waals surface area contributed by atoms with Gasteiger partial charge in [-0.3, -0.25) is 28.8 Å². The summed E-state index contributed by atoms with van der Waals surface area (Å²) in [6.45, 7) is 10.5. The first-order valence-electron chi connectivity index (χ1n) is 13.5. The molecule has 0 spiro atoms. The van der Waals surface area contributed by atoms with Gasteiger partial charge in [-0.1, -0.05) is 48.0 Å². The lowest BCUT2D eigenvalue weighted by Gasteiger charge is -2.29. The van der Waals surface area contributed by atoms with Gasteiger partial charge in [-0.05, 0) is 30.6 Å². The number of nitrogens with two attached hydrogens (primary N) is 1. The maximum atomic E-state index is 13.3. The van der Waals surface area contributed by atoms with Crippen molar-refractivity contribution in [3.8, 4) is 0 Å². The van der Waals surface area contributed by atoms with Gasteiger partial charge < -0.3 is 42.3 Å². The first-order valence-corrected chi connectivity index (χ1v) is 13.5. The lowest BCUT2D eigenvalue weighted by molar-refractivity contribution is -0.142. The molecule has 0 saturated carbocycles. The second-order valence-electron chi connectivity index (χ2n) is 10.9. The largest absolute Gasteiger partial charge is 0.481 e. The Morgan fingerprint density at radius 3 is 1.62 bits per heavy atom. The summed E-state index contributed by atoms with van der Waals surface area (Å²) in [7, 11) is 0. The Morgan fingerprint density at radius 1 is 0.675 bits per heavy atom. The highest BCUT2D eigenvalue weighted by molar-refractivity contribution is 5.96. The van der Waals surface area contributed by atoms with E-state index in [0.29, 0.717) is 12.8 Å². The molecule has 0 aliphatic rings. The molecule has 0 heterocycles. The number of hydrogen-bond donors (Lipinski definition) is 8. The number of carboxylic acid groups (broad SMARTS) is 2. The predicted octanol–water partition coefficient (Wildman–Crippen LogP) is -0.667. The minimum Gasteiger partial charge on any atom is -0.481 e. The van der Waals surface area contributed by atoms with Gasteiger partial charge in [0, 0.05) is 0 Å². The van der Waals surface area contributed by atoms with Crippen LogP contribution in [-0.4, -0.2) is 87.7 Å². The van der Waals surface area contributed by atoms with Gasteiger partial charge in [0.05, 0.1) is 31.5 Å². The number of hydrogen-bond acceptors (Lipinski definition) is 8. The van der Waals surface area contributed by atoms with Crippen LogP contribution in [0.5, 0.6) is 0 Å². The maximum absolute atomic E-state index is 13.3. The molecule has 40 heavy (non-hydrogen) atoms. The standard InChI is InChI=1S/C26H47N5O9/c1-7-15(6)22(31-25(39)18(9-14(4)5)29-23(37)17(27)10-20(33)34)26(40)30-19(11-21(35)36)24(38)28-16(12-32)8-13(2)3/h13-19,22,32H,7-12,27H2,1-6H3,(H,28,38)(H,29,37)(H,30,40)(H,31,39)(H,33,34)(H,35,36)/t15-,16-,17-,18-,19-,22-/m0/s1. The van der Waals surface area contributed by atoms with Gasteiger partial charge in [-0.25, -0.2) is 0 Å². The number of rotatable bonds is 19. The zero-order chi connectivity index (χ0) is 31.2. The van der Waals surface area contributed by atoms with Crippen molar-refractivity contribution in [3.63, 3.8) is 0 Å². The van der Waals surface area contributed by atoms with E-state index in [-0.39, 0.29) is 24.9 Å². The summed E-state index contributed by atoms with van der Waals surface area (Å²) in [5.41, 5.74) is 5.62. The molecule has 0 unspecified atom stereocenters. The number of aliphatic carboxylic acids is 2. The molecule has 0 aromatic heterocycles. The molecular weight excluding hydrogens is 526 g/mol. The molecule has 0 aliphatic carbocycles. The van der Waals surface area contributed by atoms with Crippen molar-refractivity contribution in [1.29, 1.82) is 0 Å².